The first-order valence-electron chi connectivity index (χ1n) is 7.49. The molecule has 1 saturated heterocycles. The van der Waals surface area contributed by atoms with Crippen LogP contribution in [0.15, 0.2) is 0 Å². The van der Waals surface area contributed by atoms with Gasteiger partial charge in [0.25, 0.3) is 0 Å². The van der Waals surface area contributed by atoms with E-state index in [2.05, 4.69) is 44.8 Å². The maximum atomic E-state index is 12.8. The van der Waals surface area contributed by atoms with Crippen molar-refractivity contribution in [2.45, 2.75) is 52.6 Å². The highest BCUT2D eigenvalue weighted by Crippen LogP contribution is 2.20. The molecule has 4 heteroatoms. The fourth-order valence-corrected chi connectivity index (χ4v) is 2.83. The van der Waals surface area contributed by atoms with E-state index < -0.39 is 5.54 Å². The maximum absolute atomic E-state index is 12.8. The number of hydrogen-bond donors (Lipinski definition) is 1. The Morgan fingerprint density at radius 2 is 1.79 bits per heavy atom. The SMILES string of the molecule is CC(C)CC(C)N(C)C(=O)C(C)(C)N1CCNCC1. The summed E-state index contributed by atoms with van der Waals surface area (Å²) in [6.07, 6.45) is 1.06. The highest BCUT2D eigenvalue weighted by molar-refractivity contribution is 5.85. The molecule has 112 valence electrons. The summed E-state index contributed by atoms with van der Waals surface area (Å²) in [5.41, 5.74) is -0.401. The summed E-state index contributed by atoms with van der Waals surface area (Å²) < 4.78 is 0. The van der Waals surface area contributed by atoms with Crippen molar-refractivity contribution in [3.8, 4) is 0 Å². The van der Waals surface area contributed by atoms with Gasteiger partial charge in [-0.3, -0.25) is 9.69 Å². The van der Waals surface area contributed by atoms with Gasteiger partial charge in [0, 0.05) is 39.3 Å². The second kappa shape index (κ2) is 6.71. The molecule has 1 fully saturated rings. The second-order valence-electron chi connectivity index (χ2n) is 6.69. The molecule has 1 unspecified atom stereocenters. The molecule has 1 aliphatic rings. The Labute approximate surface area is 118 Å². The number of rotatable bonds is 5. The summed E-state index contributed by atoms with van der Waals surface area (Å²) in [5.74, 6) is 0.857. The lowest BCUT2D eigenvalue weighted by molar-refractivity contribution is -0.144. The molecule has 1 rings (SSSR count). The fraction of sp³-hybridized carbons (Fsp3) is 0.933. The quantitative estimate of drug-likeness (QED) is 0.823. The smallest absolute Gasteiger partial charge is 0.242 e. The van der Waals surface area contributed by atoms with Gasteiger partial charge in [0.2, 0.25) is 5.91 Å². The Bertz CT molecular complexity index is 296. The van der Waals surface area contributed by atoms with E-state index in [1.54, 1.807) is 0 Å². The van der Waals surface area contributed by atoms with Gasteiger partial charge in [-0.25, -0.2) is 0 Å². The third-order valence-electron chi connectivity index (χ3n) is 4.22. The lowest BCUT2D eigenvalue weighted by Gasteiger charge is -2.43. The van der Waals surface area contributed by atoms with Crippen molar-refractivity contribution in [2.24, 2.45) is 5.92 Å². The maximum Gasteiger partial charge on any atom is 0.242 e. The fourth-order valence-electron chi connectivity index (χ4n) is 2.83. The van der Waals surface area contributed by atoms with Gasteiger partial charge >= 0.3 is 0 Å². The van der Waals surface area contributed by atoms with E-state index in [0.29, 0.717) is 12.0 Å². The molecule has 1 atom stereocenters. The number of nitrogens with one attached hydrogen (secondary N) is 1. The van der Waals surface area contributed by atoms with Gasteiger partial charge in [-0.2, -0.15) is 0 Å². The van der Waals surface area contributed by atoms with Gasteiger partial charge in [-0.1, -0.05) is 13.8 Å². The summed E-state index contributed by atoms with van der Waals surface area (Å²) in [4.78, 5) is 17.0. The minimum absolute atomic E-state index is 0.238. The van der Waals surface area contributed by atoms with Crippen LogP contribution in [0.5, 0.6) is 0 Å². The first kappa shape index (κ1) is 16.4. The molecule has 0 aromatic rings. The predicted octanol–water partition coefficient (Wildman–Crippen LogP) is 1.56. The summed E-state index contributed by atoms with van der Waals surface area (Å²) in [5, 5.41) is 3.34. The molecule has 0 radical (unpaired) electrons. The number of hydrogen-bond acceptors (Lipinski definition) is 3. The molecule has 0 aliphatic carbocycles. The summed E-state index contributed by atoms with van der Waals surface area (Å²) in [6.45, 7) is 14.5. The Hall–Kier alpha value is -0.610. The summed E-state index contributed by atoms with van der Waals surface area (Å²) in [6, 6.07) is 0.301. The van der Waals surface area contributed by atoms with Crippen molar-refractivity contribution >= 4 is 5.91 Å². The zero-order valence-corrected chi connectivity index (χ0v) is 13.5. The van der Waals surface area contributed by atoms with Gasteiger partial charge in [-0.05, 0) is 33.1 Å². The van der Waals surface area contributed by atoms with E-state index in [4.69, 9.17) is 0 Å². The van der Waals surface area contributed by atoms with E-state index in [-0.39, 0.29) is 5.91 Å². The topological polar surface area (TPSA) is 35.6 Å². The van der Waals surface area contributed by atoms with Crippen molar-refractivity contribution in [2.75, 3.05) is 33.2 Å². The molecule has 4 nitrogen and oxygen atoms in total. The third-order valence-corrected chi connectivity index (χ3v) is 4.22. The average molecular weight is 269 g/mol. The molecule has 1 heterocycles. The lowest BCUT2D eigenvalue weighted by Crippen LogP contribution is -2.61. The largest absolute Gasteiger partial charge is 0.341 e. The number of likely N-dealkylation sites (N-methyl/N-ethyl adjacent to an activating group) is 1. The zero-order valence-electron chi connectivity index (χ0n) is 13.5. The van der Waals surface area contributed by atoms with Crippen LogP contribution in [0.1, 0.15) is 41.0 Å². The standard InChI is InChI=1S/C15H31N3O/c1-12(2)11-13(3)17(6)14(19)15(4,5)18-9-7-16-8-10-18/h12-13,16H,7-11H2,1-6H3. The average Bonchev–Trinajstić information content (AvgIpc) is 2.37. The Kier molecular flexibility index (Phi) is 5.81. The van der Waals surface area contributed by atoms with Crippen molar-refractivity contribution in [3.05, 3.63) is 0 Å². The molecule has 1 N–H and O–H groups in total. The Balaban J connectivity index is 2.67. The van der Waals surface area contributed by atoms with Crippen LogP contribution >= 0.6 is 0 Å². The van der Waals surface area contributed by atoms with Gasteiger partial charge in [0.15, 0.2) is 0 Å². The number of piperazine rings is 1. The molecule has 0 aromatic heterocycles. The van der Waals surface area contributed by atoms with Crippen LogP contribution in [-0.4, -0.2) is 60.5 Å². The zero-order chi connectivity index (χ0) is 14.6. The van der Waals surface area contributed by atoms with E-state index >= 15 is 0 Å². The van der Waals surface area contributed by atoms with Crippen LogP contribution in [-0.2, 0) is 4.79 Å². The minimum Gasteiger partial charge on any atom is -0.341 e. The minimum atomic E-state index is -0.401. The van der Waals surface area contributed by atoms with Crippen molar-refractivity contribution in [1.29, 1.82) is 0 Å². The van der Waals surface area contributed by atoms with E-state index in [1.807, 2.05) is 11.9 Å². The van der Waals surface area contributed by atoms with E-state index in [9.17, 15) is 4.79 Å². The first-order valence-corrected chi connectivity index (χ1v) is 7.49. The lowest BCUT2D eigenvalue weighted by atomic mass is 9.97. The molecule has 0 bridgehead atoms. The van der Waals surface area contributed by atoms with Crippen LogP contribution in [0.25, 0.3) is 0 Å². The number of amides is 1. The molecule has 0 aromatic carbocycles. The third kappa shape index (κ3) is 4.18. The van der Waals surface area contributed by atoms with Crippen molar-refractivity contribution < 1.29 is 4.79 Å². The van der Waals surface area contributed by atoms with Crippen LogP contribution < -0.4 is 5.32 Å². The van der Waals surface area contributed by atoms with Crippen molar-refractivity contribution in [3.63, 3.8) is 0 Å². The number of nitrogens with zero attached hydrogens (tertiary/aromatic N) is 2. The molecule has 19 heavy (non-hydrogen) atoms. The van der Waals surface area contributed by atoms with E-state index in [0.717, 1.165) is 32.6 Å². The molecule has 1 aliphatic heterocycles. The van der Waals surface area contributed by atoms with Crippen LogP contribution in [0.2, 0.25) is 0 Å². The van der Waals surface area contributed by atoms with Crippen LogP contribution in [0, 0.1) is 5.92 Å². The molecular formula is C15H31N3O. The van der Waals surface area contributed by atoms with Gasteiger partial charge in [-0.15, -0.1) is 0 Å². The summed E-state index contributed by atoms with van der Waals surface area (Å²) in [7, 11) is 1.94. The van der Waals surface area contributed by atoms with Gasteiger partial charge < -0.3 is 10.2 Å². The number of carbonyl (C=O) groups is 1. The van der Waals surface area contributed by atoms with Gasteiger partial charge in [0.05, 0.1) is 5.54 Å². The Morgan fingerprint density at radius 1 is 1.26 bits per heavy atom. The molecule has 1 amide bonds. The normalized spacial score (nSPS) is 19.5. The number of carbonyl (C=O) groups excluding carboxylic acids is 1. The van der Waals surface area contributed by atoms with Crippen molar-refractivity contribution in [1.82, 2.24) is 15.1 Å². The first-order chi connectivity index (χ1) is 8.76. The molecule has 0 saturated carbocycles. The predicted molar refractivity (Wildman–Crippen MR) is 80.2 cm³/mol. The summed E-state index contributed by atoms with van der Waals surface area (Å²) >= 11 is 0. The van der Waals surface area contributed by atoms with Crippen LogP contribution in [0.4, 0.5) is 0 Å². The van der Waals surface area contributed by atoms with E-state index in [1.165, 1.54) is 0 Å². The Morgan fingerprint density at radius 3 is 2.26 bits per heavy atom. The highest BCUT2D eigenvalue weighted by Gasteiger charge is 2.38. The van der Waals surface area contributed by atoms with Gasteiger partial charge in [0.1, 0.15) is 0 Å². The second-order valence-corrected chi connectivity index (χ2v) is 6.69. The highest BCUT2D eigenvalue weighted by atomic mass is 16.2. The molecule has 0 spiro atoms. The van der Waals surface area contributed by atoms with Crippen LogP contribution in [0.3, 0.4) is 0 Å². The monoisotopic (exact) mass is 269 g/mol. The molecular weight excluding hydrogens is 238 g/mol.